The summed E-state index contributed by atoms with van der Waals surface area (Å²) in [6, 6.07) is 6.11. The van der Waals surface area contributed by atoms with Gasteiger partial charge in [-0.3, -0.25) is 4.79 Å². The van der Waals surface area contributed by atoms with Crippen molar-refractivity contribution in [2.75, 3.05) is 6.54 Å². The Labute approximate surface area is 125 Å². The summed E-state index contributed by atoms with van der Waals surface area (Å²) < 4.78 is 22.6. The first-order valence-corrected chi connectivity index (χ1v) is 8.55. The van der Waals surface area contributed by atoms with E-state index in [9.17, 15) is 13.2 Å². The molecule has 4 N–H and O–H groups in total. The van der Waals surface area contributed by atoms with Crippen LogP contribution in [-0.2, 0) is 21.4 Å². The molecule has 1 aliphatic rings. The molecule has 116 valence electrons. The van der Waals surface area contributed by atoms with Gasteiger partial charge in [-0.1, -0.05) is 19.1 Å². The Balaban J connectivity index is 1.98. The first-order valence-electron chi connectivity index (χ1n) is 7.01. The molecule has 1 amide bonds. The van der Waals surface area contributed by atoms with Crippen LogP contribution < -0.4 is 15.8 Å². The third-order valence-electron chi connectivity index (χ3n) is 3.75. The minimum Gasteiger partial charge on any atom is -0.351 e. The highest BCUT2D eigenvalue weighted by Crippen LogP contribution is 2.16. The highest BCUT2D eigenvalue weighted by molar-refractivity contribution is 7.89. The Morgan fingerprint density at radius 2 is 2.24 bits per heavy atom. The third kappa shape index (κ3) is 4.26. The summed E-state index contributed by atoms with van der Waals surface area (Å²) in [5, 5.41) is 11.1. The van der Waals surface area contributed by atoms with E-state index in [-0.39, 0.29) is 23.4 Å². The summed E-state index contributed by atoms with van der Waals surface area (Å²) in [6.45, 7) is 3.19. The summed E-state index contributed by atoms with van der Waals surface area (Å²) in [5.41, 5.74) is 0.707. The van der Waals surface area contributed by atoms with E-state index >= 15 is 0 Å². The van der Waals surface area contributed by atoms with E-state index in [4.69, 9.17) is 5.14 Å². The van der Waals surface area contributed by atoms with Gasteiger partial charge in [-0.15, -0.1) is 0 Å². The molecule has 0 radical (unpaired) electrons. The number of sulfonamides is 1. The first kappa shape index (κ1) is 15.9. The SMILES string of the molecule is CC1CCCNC1C(=O)NCc1cccc(S(N)(=O)=O)c1. The fourth-order valence-corrected chi connectivity index (χ4v) is 3.12. The molecular formula is C14H21N3O3S. The molecule has 2 unspecified atom stereocenters. The molecule has 1 fully saturated rings. The highest BCUT2D eigenvalue weighted by atomic mass is 32.2. The van der Waals surface area contributed by atoms with E-state index < -0.39 is 10.0 Å². The number of benzene rings is 1. The third-order valence-corrected chi connectivity index (χ3v) is 4.66. The molecule has 1 aromatic rings. The Morgan fingerprint density at radius 1 is 1.48 bits per heavy atom. The van der Waals surface area contributed by atoms with E-state index in [1.807, 2.05) is 0 Å². The van der Waals surface area contributed by atoms with Crippen LogP contribution in [0, 0.1) is 5.92 Å². The zero-order valence-corrected chi connectivity index (χ0v) is 12.8. The van der Waals surface area contributed by atoms with Crippen LogP contribution in [0.5, 0.6) is 0 Å². The van der Waals surface area contributed by atoms with Crippen molar-refractivity contribution in [1.29, 1.82) is 0 Å². The molecule has 2 rings (SSSR count). The summed E-state index contributed by atoms with van der Waals surface area (Å²) >= 11 is 0. The number of hydrogen-bond acceptors (Lipinski definition) is 4. The van der Waals surface area contributed by atoms with E-state index in [1.54, 1.807) is 12.1 Å². The number of rotatable bonds is 4. The van der Waals surface area contributed by atoms with Gasteiger partial charge in [0.2, 0.25) is 15.9 Å². The zero-order chi connectivity index (χ0) is 15.5. The fourth-order valence-electron chi connectivity index (χ4n) is 2.53. The van der Waals surface area contributed by atoms with Gasteiger partial charge in [-0.05, 0) is 43.0 Å². The Kier molecular flexibility index (Phi) is 4.97. The molecular weight excluding hydrogens is 290 g/mol. The van der Waals surface area contributed by atoms with Gasteiger partial charge in [-0.2, -0.15) is 0 Å². The lowest BCUT2D eigenvalue weighted by Crippen LogP contribution is -2.50. The Bertz CT molecular complexity index is 616. The van der Waals surface area contributed by atoms with E-state index in [1.165, 1.54) is 12.1 Å². The smallest absolute Gasteiger partial charge is 0.238 e. The van der Waals surface area contributed by atoms with E-state index in [2.05, 4.69) is 17.6 Å². The van der Waals surface area contributed by atoms with Gasteiger partial charge < -0.3 is 10.6 Å². The second-order valence-electron chi connectivity index (χ2n) is 5.46. The molecule has 0 aliphatic carbocycles. The van der Waals surface area contributed by atoms with Crippen LogP contribution in [0.25, 0.3) is 0 Å². The number of nitrogens with one attached hydrogen (secondary N) is 2. The average Bonchev–Trinajstić information content (AvgIpc) is 2.45. The Morgan fingerprint density at radius 3 is 2.90 bits per heavy atom. The van der Waals surface area contributed by atoms with Crippen molar-refractivity contribution in [3.05, 3.63) is 29.8 Å². The molecule has 1 heterocycles. The maximum atomic E-state index is 12.1. The molecule has 0 aromatic heterocycles. The van der Waals surface area contributed by atoms with Gasteiger partial charge >= 0.3 is 0 Å². The van der Waals surface area contributed by atoms with Crippen LogP contribution in [-0.4, -0.2) is 26.9 Å². The number of carbonyl (C=O) groups excluding carboxylic acids is 1. The normalized spacial score (nSPS) is 22.8. The van der Waals surface area contributed by atoms with Crippen LogP contribution in [0.2, 0.25) is 0 Å². The van der Waals surface area contributed by atoms with Crippen molar-refractivity contribution >= 4 is 15.9 Å². The van der Waals surface area contributed by atoms with Gasteiger partial charge in [0.15, 0.2) is 0 Å². The number of hydrogen-bond donors (Lipinski definition) is 3. The fraction of sp³-hybridized carbons (Fsp3) is 0.500. The van der Waals surface area contributed by atoms with Gasteiger partial charge in [0.1, 0.15) is 0 Å². The molecule has 21 heavy (non-hydrogen) atoms. The molecule has 1 aliphatic heterocycles. The zero-order valence-electron chi connectivity index (χ0n) is 12.0. The first-order chi connectivity index (χ1) is 9.88. The minimum absolute atomic E-state index is 0.0526. The molecule has 0 spiro atoms. The summed E-state index contributed by atoms with van der Waals surface area (Å²) in [4.78, 5) is 12.2. The van der Waals surface area contributed by atoms with Crippen molar-refractivity contribution in [2.24, 2.45) is 11.1 Å². The second kappa shape index (κ2) is 6.55. The van der Waals surface area contributed by atoms with Gasteiger partial charge in [-0.25, -0.2) is 13.6 Å². The summed E-state index contributed by atoms with van der Waals surface area (Å²) in [6.07, 6.45) is 2.12. The number of piperidine rings is 1. The standard InChI is InChI=1S/C14H21N3O3S/c1-10-4-3-7-16-13(10)14(18)17-9-11-5-2-6-12(8-11)21(15,19)20/h2,5-6,8,10,13,16H,3-4,7,9H2,1H3,(H,17,18)(H2,15,19,20). The van der Waals surface area contributed by atoms with Crippen LogP contribution in [0.4, 0.5) is 0 Å². The topological polar surface area (TPSA) is 101 Å². The number of amides is 1. The van der Waals surface area contributed by atoms with Crippen LogP contribution >= 0.6 is 0 Å². The Hall–Kier alpha value is -1.44. The molecule has 7 heteroatoms. The predicted molar refractivity (Wildman–Crippen MR) is 79.9 cm³/mol. The lowest BCUT2D eigenvalue weighted by atomic mass is 9.92. The van der Waals surface area contributed by atoms with E-state index in [0.29, 0.717) is 11.5 Å². The van der Waals surface area contributed by atoms with Gasteiger partial charge in [0.25, 0.3) is 0 Å². The number of carbonyl (C=O) groups is 1. The van der Waals surface area contributed by atoms with Gasteiger partial charge in [0.05, 0.1) is 10.9 Å². The molecule has 1 aromatic carbocycles. The molecule has 2 atom stereocenters. The van der Waals surface area contributed by atoms with Crippen LogP contribution in [0.1, 0.15) is 25.3 Å². The van der Waals surface area contributed by atoms with Gasteiger partial charge in [0, 0.05) is 6.54 Å². The largest absolute Gasteiger partial charge is 0.351 e. The molecule has 0 saturated carbocycles. The maximum Gasteiger partial charge on any atom is 0.238 e. The summed E-state index contributed by atoms with van der Waals surface area (Å²) in [5.74, 6) is 0.248. The summed E-state index contributed by atoms with van der Waals surface area (Å²) in [7, 11) is -3.72. The van der Waals surface area contributed by atoms with Crippen molar-refractivity contribution < 1.29 is 13.2 Å². The molecule has 0 bridgehead atoms. The maximum absolute atomic E-state index is 12.1. The second-order valence-corrected chi connectivity index (χ2v) is 7.02. The molecule has 6 nitrogen and oxygen atoms in total. The average molecular weight is 311 g/mol. The van der Waals surface area contributed by atoms with Crippen LogP contribution in [0.15, 0.2) is 29.2 Å². The van der Waals surface area contributed by atoms with Crippen molar-refractivity contribution in [3.8, 4) is 0 Å². The number of nitrogens with two attached hydrogens (primary N) is 1. The highest BCUT2D eigenvalue weighted by Gasteiger charge is 2.26. The predicted octanol–water partition coefficient (Wildman–Crippen LogP) is 0.338. The van der Waals surface area contributed by atoms with Crippen molar-refractivity contribution in [3.63, 3.8) is 0 Å². The lowest BCUT2D eigenvalue weighted by Gasteiger charge is -2.28. The lowest BCUT2D eigenvalue weighted by molar-refractivity contribution is -0.125. The minimum atomic E-state index is -3.72. The number of primary sulfonamides is 1. The monoisotopic (exact) mass is 311 g/mol. The van der Waals surface area contributed by atoms with Crippen molar-refractivity contribution in [2.45, 2.75) is 37.2 Å². The van der Waals surface area contributed by atoms with E-state index in [0.717, 1.165) is 19.4 Å². The van der Waals surface area contributed by atoms with Crippen LogP contribution in [0.3, 0.4) is 0 Å². The van der Waals surface area contributed by atoms with Crippen molar-refractivity contribution in [1.82, 2.24) is 10.6 Å². The quantitative estimate of drug-likeness (QED) is 0.746. The molecule has 1 saturated heterocycles.